The first-order valence-electron chi connectivity index (χ1n) is 8.62. The van der Waals surface area contributed by atoms with Gasteiger partial charge in [0, 0.05) is 12.2 Å². The molecular weight excluding hydrogens is 346 g/mol. The summed E-state index contributed by atoms with van der Waals surface area (Å²) in [7, 11) is 0. The quantitative estimate of drug-likeness (QED) is 0.654. The summed E-state index contributed by atoms with van der Waals surface area (Å²) >= 11 is 0. The van der Waals surface area contributed by atoms with E-state index >= 15 is 0 Å². The summed E-state index contributed by atoms with van der Waals surface area (Å²) < 4.78 is 4.89. The van der Waals surface area contributed by atoms with Crippen molar-refractivity contribution in [3.05, 3.63) is 65.2 Å². The molecule has 0 unspecified atom stereocenters. The summed E-state index contributed by atoms with van der Waals surface area (Å²) in [6, 6.07) is 13.7. The Hall–Kier alpha value is -3.35. The number of benzene rings is 2. The first-order valence-corrected chi connectivity index (χ1v) is 8.62. The van der Waals surface area contributed by atoms with Crippen LogP contribution in [0.25, 0.3) is 0 Å². The summed E-state index contributed by atoms with van der Waals surface area (Å²) in [4.78, 5) is 35.2. The zero-order valence-electron chi connectivity index (χ0n) is 15.4. The monoisotopic (exact) mass is 369 g/mol. The Balaban J connectivity index is 1.72. The van der Waals surface area contributed by atoms with Crippen LogP contribution in [-0.4, -0.2) is 31.1 Å². The van der Waals surface area contributed by atoms with Crippen LogP contribution in [0.5, 0.6) is 0 Å². The molecule has 0 saturated heterocycles. The summed E-state index contributed by atoms with van der Waals surface area (Å²) in [5.74, 6) is -0.785. The van der Waals surface area contributed by atoms with Gasteiger partial charge in [0.2, 0.25) is 5.91 Å². The number of carbonyl (C=O) groups excluding carboxylic acids is 3. The zero-order valence-corrected chi connectivity index (χ0v) is 15.4. The molecule has 142 valence electrons. The predicted octanol–water partition coefficient (Wildman–Crippen LogP) is 2.61. The lowest BCUT2D eigenvalue weighted by Gasteiger charge is -2.09. The first-order chi connectivity index (χ1) is 13.0. The van der Waals surface area contributed by atoms with E-state index in [2.05, 4.69) is 16.0 Å². The molecule has 0 bridgehead atoms. The third-order valence-electron chi connectivity index (χ3n) is 3.66. The molecule has 2 rings (SSSR count). The van der Waals surface area contributed by atoms with Crippen molar-refractivity contribution in [1.82, 2.24) is 10.6 Å². The molecule has 0 aliphatic heterocycles. The fraction of sp³-hybridized carbons (Fsp3) is 0.250. The molecule has 0 spiro atoms. The summed E-state index contributed by atoms with van der Waals surface area (Å²) in [5.41, 5.74) is 3.05. The third kappa shape index (κ3) is 6.81. The fourth-order valence-electron chi connectivity index (χ4n) is 2.22. The molecule has 3 N–H and O–H groups in total. The molecule has 0 heterocycles. The van der Waals surface area contributed by atoms with E-state index in [1.54, 1.807) is 31.2 Å². The highest BCUT2D eigenvalue weighted by molar-refractivity contribution is 5.95. The van der Waals surface area contributed by atoms with Crippen LogP contribution in [0.15, 0.2) is 48.5 Å². The van der Waals surface area contributed by atoms with Gasteiger partial charge in [0.25, 0.3) is 0 Å². The second-order valence-corrected chi connectivity index (χ2v) is 5.87. The predicted molar refractivity (Wildman–Crippen MR) is 102 cm³/mol. The van der Waals surface area contributed by atoms with Crippen molar-refractivity contribution in [2.24, 2.45) is 0 Å². The molecule has 0 atom stereocenters. The molecule has 0 fully saturated rings. The van der Waals surface area contributed by atoms with Crippen molar-refractivity contribution in [3.8, 4) is 0 Å². The molecule has 0 aliphatic rings. The highest BCUT2D eigenvalue weighted by Crippen LogP contribution is 2.10. The van der Waals surface area contributed by atoms with E-state index in [9.17, 15) is 14.4 Å². The number of hydrogen-bond donors (Lipinski definition) is 3. The summed E-state index contributed by atoms with van der Waals surface area (Å²) in [6.07, 6.45) is 0. The van der Waals surface area contributed by atoms with Crippen molar-refractivity contribution in [2.45, 2.75) is 20.4 Å². The van der Waals surface area contributed by atoms with Crippen molar-refractivity contribution in [3.63, 3.8) is 0 Å². The van der Waals surface area contributed by atoms with Crippen LogP contribution in [-0.2, 0) is 16.1 Å². The van der Waals surface area contributed by atoms with E-state index in [-0.39, 0.29) is 12.5 Å². The number of anilines is 1. The number of amides is 3. The van der Waals surface area contributed by atoms with Gasteiger partial charge in [-0.25, -0.2) is 9.59 Å². The third-order valence-corrected chi connectivity index (χ3v) is 3.66. The minimum atomic E-state index is -0.427. The molecule has 0 aliphatic carbocycles. The number of ether oxygens (including phenoxy) is 1. The highest BCUT2D eigenvalue weighted by atomic mass is 16.5. The van der Waals surface area contributed by atoms with E-state index < -0.39 is 12.0 Å². The molecular formula is C20H23N3O4. The largest absolute Gasteiger partial charge is 0.462 e. The Labute approximate surface area is 158 Å². The summed E-state index contributed by atoms with van der Waals surface area (Å²) in [5, 5.41) is 7.82. The maximum absolute atomic E-state index is 11.9. The average molecular weight is 369 g/mol. The number of carbonyl (C=O) groups is 3. The van der Waals surface area contributed by atoms with Crippen LogP contribution in [0, 0.1) is 6.92 Å². The number of hydrogen-bond acceptors (Lipinski definition) is 4. The van der Waals surface area contributed by atoms with Gasteiger partial charge >= 0.3 is 12.0 Å². The minimum absolute atomic E-state index is 0.167. The Morgan fingerprint density at radius 2 is 1.59 bits per heavy atom. The number of urea groups is 1. The minimum Gasteiger partial charge on any atom is -0.462 e. The van der Waals surface area contributed by atoms with E-state index in [1.165, 1.54) is 0 Å². The second kappa shape index (κ2) is 9.96. The van der Waals surface area contributed by atoms with Crippen molar-refractivity contribution in [1.29, 1.82) is 0 Å². The van der Waals surface area contributed by atoms with Crippen molar-refractivity contribution in [2.75, 3.05) is 18.5 Å². The Kier molecular flexibility index (Phi) is 7.37. The zero-order chi connectivity index (χ0) is 19.6. The van der Waals surface area contributed by atoms with Gasteiger partial charge < -0.3 is 20.7 Å². The van der Waals surface area contributed by atoms with E-state index in [1.807, 2.05) is 31.2 Å². The van der Waals surface area contributed by atoms with Gasteiger partial charge in [-0.15, -0.1) is 0 Å². The van der Waals surface area contributed by atoms with Crippen LogP contribution in [0.2, 0.25) is 0 Å². The first kappa shape index (κ1) is 20.0. The lowest BCUT2D eigenvalue weighted by Crippen LogP contribution is -2.39. The number of rotatable bonds is 7. The molecule has 7 nitrogen and oxygen atoms in total. The van der Waals surface area contributed by atoms with Gasteiger partial charge in [0.05, 0.1) is 18.7 Å². The maximum Gasteiger partial charge on any atom is 0.338 e. The van der Waals surface area contributed by atoms with E-state index in [0.717, 1.165) is 11.1 Å². The van der Waals surface area contributed by atoms with E-state index in [0.29, 0.717) is 24.4 Å². The molecule has 3 amide bonds. The topological polar surface area (TPSA) is 96.5 Å². The van der Waals surface area contributed by atoms with Gasteiger partial charge in [-0.3, -0.25) is 4.79 Å². The van der Waals surface area contributed by atoms with Gasteiger partial charge in [-0.2, -0.15) is 0 Å². The molecule has 2 aromatic carbocycles. The smallest absolute Gasteiger partial charge is 0.338 e. The van der Waals surface area contributed by atoms with Crippen molar-refractivity contribution < 1.29 is 19.1 Å². The van der Waals surface area contributed by atoms with Gasteiger partial charge in [0.1, 0.15) is 0 Å². The molecule has 27 heavy (non-hydrogen) atoms. The Bertz CT molecular complexity index is 786. The summed E-state index contributed by atoms with van der Waals surface area (Å²) in [6.45, 7) is 4.24. The maximum atomic E-state index is 11.9. The van der Waals surface area contributed by atoms with Crippen LogP contribution >= 0.6 is 0 Å². The standard InChI is InChI=1S/C20H23N3O4/c1-3-27-19(25)16-8-10-17(11-9-16)23-18(24)13-22-20(26)21-12-15-6-4-14(2)5-7-15/h4-11H,3,12-13H2,1-2H3,(H,23,24)(H2,21,22,26). The van der Waals surface area contributed by atoms with Crippen LogP contribution in [0.3, 0.4) is 0 Å². The SMILES string of the molecule is CCOC(=O)c1ccc(NC(=O)CNC(=O)NCc2ccc(C)cc2)cc1. The van der Waals surface area contributed by atoms with Gasteiger partial charge in [0.15, 0.2) is 0 Å². The van der Waals surface area contributed by atoms with Gasteiger partial charge in [-0.1, -0.05) is 29.8 Å². The highest BCUT2D eigenvalue weighted by Gasteiger charge is 2.08. The second-order valence-electron chi connectivity index (χ2n) is 5.87. The Morgan fingerprint density at radius 3 is 2.22 bits per heavy atom. The lowest BCUT2D eigenvalue weighted by molar-refractivity contribution is -0.115. The molecule has 0 saturated carbocycles. The van der Waals surface area contributed by atoms with Gasteiger partial charge in [-0.05, 0) is 43.7 Å². The number of esters is 1. The number of aryl methyl sites for hydroxylation is 1. The Morgan fingerprint density at radius 1 is 0.926 bits per heavy atom. The molecule has 7 heteroatoms. The average Bonchev–Trinajstić information content (AvgIpc) is 2.66. The van der Waals surface area contributed by atoms with Crippen LogP contribution < -0.4 is 16.0 Å². The molecule has 0 radical (unpaired) electrons. The normalized spacial score (nSPS) is 10.0. The van der Waals surface area contributed by atoms with Crippen LogP contribution in [0.1, 0.15) is 28.4 Å². The van der Waals surface area contributed by atoms with E-state index in [4.69, 9.17) is 4.74 Å². The lowest BCUT2D eigenvalue weighted by atomic mass is 10.1. The fourth-order valence-corrected chi connectivity index (χ4v) is 2.22. The molecule has 0 aromatic heterocycles. The van der Waals surface area contributed by atoms with Crippen molar-refractivity contribution >= 4 is 23.6 Å². The van der Waals surface area contributed by atoms with Crippen LogP contribution in [0.4, 0.5) is 10.5 Å². The number of nitrogens with one attached hydrogen (secondary N) is 3. The molecule has 2 aromatic rings.